The normalized spacial score (nSPS) is 21.0. The molecule has 12 heteroatoms. The molecule has 0 radical (unpaired) electrons. The first-order chi connectivity index (χ1) is 37.3. The van der Waals surface area contributed by atoms with Gasteiger partial charge in [0.2, 0.25) is 0 Å². The summed E-state index contributed by atoms with van der Waals surface area (Å²) in [5.74, 6) is 7.36. The van der Waals surface area contributed by atoms with Crippen LogP contribution in [0, 0.1) is 0 Å². The predicted molar refractivity (Wildman–Crippen MR) is 338 cm³/mol. The number of pyridine rings is 4. The minimum atomic E-state index is -0.284. The van der Waals surface area contributed by atoms with Crippen LogP contribution in [-0.2, 0) is 0 Å². The Kier molecular flexibility index (Phi) is 11.3. The van der Waals surface area contributed by atoms with Crippen LogP contribution in [0.5, 0.6) is 0 Å². The van der Waals surface area contributed by atoms with Gasteiger partial charge in [-0.05, 0) is 254 Å². The summed E-state index contributed by atoms with van der Waals surface area (Å²) in [4.78, 5) is 50.5. The average Bonchev–Trinajstić information content (AvgIpc) is 3.98. The molecule has 0 fully saturated rings. The summed E-state index contributed by atoms with van der Waals surface area (Å²) in [6.07, 6.45) is 8.18. The van der Waals surface area contributed by atoms with Crippen molar-refractivity contribution in [2.75, 3.05) is 19.6 Å². The molecule has 12 nitrogen and oxygen atoms in total. The van der Waals surface area contributed by atoms with Crippen molar-refractivity contribution in [3.05, 3.63) is 110 Å². The lowest BCUT2D eigenvalue weighted by Crippen LogP contribution is -2.53. The fourth-order valence-electron chi connectivity index (χ4n) is 13.5. The second kappa shape index (κ2) is 17.0. The number of amidine groups is 4. The van der Waals surface area contributed by atoms with Crippen LogP contribution in [0.4, 0.5) is 23.3 Å². The van der Waals surface area contributed by atoms with Crippen LogP contribution < -0.4 is 19.6 Å². The summed E-state index contributed by atoms with van der Waals surface area (Å²) in [5.41, 5.74) is 6.21. The Morgan fingerprint density at radius 2 is 0.475 bits per heavy atom. The molecule has 0 spiro atoms. The number of rotatable bonds is 8. The molecule has 8 heterocycles. The molecule has 80 heavy (non-hydrogen) atoms. The van der Waals surface area contributed by atoms with Crippen molar-refractivity contribution < 1.29 is 0 Å². The van der Waals surface area contributed by atoms with E-state index in [0.717, 1.165) is 113 Å². The summed E-state index contributed by atoms with van der Waals surface area (Å²) in [6.45, 7) is 44.0. The summed E-state index contributed by atoms with van der Waals surface area (Å²) in [6, 6.07) is 31.6. The summed E-state index contributed by atoms with van der Waals surface area (Å²) in [7, 11) is 0. The highest BCUT2D eigenvalue weighted by molar-refractivity contribution is 6.32. The number of aromatic nitrogens is 4. The van der Waals surface area contributed by atoms with Crippen LogP contribution in [-0.4, -0.2) is 87.6 Å². The van der Waals surface area contributed by atoms with E-state index in [-0.39, 0.29) is 44.3 Å². The number of hydrogen-bond acceptors (Lipinski definition) is 12. The number of hydrogen-bond donors (Lipinski definition) is 0. The first kappa shape index (κ1) is 53.1. The second-order valence-electron chi connectivity index (χ2n) is 27.1. The number of nitrogens with zero attached hydrogens (tertiary/aromatic N) is 12. The molecule has 0 saturated heterocycles. The van der Waals surface area contributed by atoms with Crippen LogP contribution in [0.2, 0.25) is 0 Å². The molecule has 4 aromatic carbocycles. The number of benzene rings is 4. The van der Waals surface area contributed by atoms with Crippen molar-refractivity contribution in [3.8, 4) is 44.5 Å². The lowest BCUT2D eigenvalue weighted by Gasteiger charge is -2.40. The molecule has 0 saturated carbocycles. The number of aliphatic imine (C=N–C) groups is 4. The monoisotopic (exact) mass is 1060 g/mol. The highest BCUT2D eigenvalue weighted by Gasteiger charge is 2.52. The topological polar surface area (TPSA) is 114 Å². The van der Waals surface area contributed by atoms with Gasteiger partial charge in [-0.15, -0.1) is 0 Å². The molecule has 0 amide bonds. The van der Waals surface area contributed by atoms with Crippen molar-refractivity contribution in [3.63, 3.8) is 0 Å². The van der Waals surface area contributed by atoms with E-state index in [9.17, 15) is 0 Å². The number of anilines is 4. The molecule has 0 atom stereocenters. The smallest absolute Gasteiger partial charge is 0.134 e. The maximum absolute atomic E-state index is 5.25. The Labute approximate surface area is 473 Å². The van der Waals surface area contributed by atoms with Crippen LogP contribution in [0.15, 0.2) is 130 Å². The average molecular weight is 1060 g/mol. The Morgan fingerprint density at radius 1 is 0.275 bits per heavy atom. The quantitative estimate of drug-likeness (QED) is 0.138. The summed E-state index contributed by atoms with van der Waals surface area (Å²) < 4.78 is 0. The predicted octanol–water partition coefficient (Wildman–Crippen LogP) is 16.0. The van der Waals surface area contributed by atoms with Gasteiger partial charge in [0.1, 0.15) is 46.6 Å². The van der Waals surface area contributed by atoms with Gasteiger partial charge in [-0.3, -0.25) is 20.0 Å². The van der Waals surface area contributed by atoms with Crippen molar-refractivity contribution >= 4 is 78.9 Å². The lowest BCUT2D eigenvalue weighted by atomic mass is 9.82. The van der Waals surface area contributed by atoms with Gasteiger partial charge in [0, 0.05) is 47.0 Å². The molecular formula is C68H78N12. The molecule has 0 bridgehead atoms. The van der Waals surface area contributed by atoms with Crippen molar-refractivity contribution in [1.82, 2.24) is 19.9 Å². The summed E-state index contributed by atoms with van der Waals surface area (Å²) >= 11 is 0. The van der Waals surface area contributed by atoms with Gasteiger partial charge in [-0.2, -0.15) is 0 Å². The van der Waals surface area contributed by atoms with E-state index in [4.69, 9.17) is 39.9 Å². The van der Waals surface area contributed by atoms with Crippen LogP contribution in [0.1, 0.15) is 138 Å². The van der Waals surface area contributed by atoms with Gasteiger partial charge in [0.15, 0.2) is 0 Å². The molecule has 4 aliphatic rings. The minimum Gasteiger partial charge on any atom is -0.307 e. The highest BCUT2D eigenvalue weighted by Crippen LogP contribution is 2.51. The van der Waals surface area contributed by atoms with E-state index >= 15 is 0 Å². The fraction of sp³-hybridized carbons (Fsp3) is 0.412. The van der Waals surface area contributed by atoms with E-state index in [2.05, 4.69) is 243 Å². The molecule has 12 rings (SSSR count). The van der Waals surface area contributed by atoms with E-state index in [1.165, 1.54) is 10.8 Å². The van der Waals surface area contributed by atoms with Gasteiger partial charge < -0.3 is 19.6 Å². The SMILES string of the molecule is CC1=NC(C)(C)C(C)(C)N1c1ccc(-c2cc(-c3ccc(N4C(C)=NC(C)(C)C4(C)C)nc3)c3ccc4c(-c5ccc(N6C(C)=NC(C)(C)C6(C)C)nc5)cc(-c5ccc(N6C(C)=NC(C)(C)C6(C)C)nc5)c5ccc2c3c54)cn1. The highest BCUT2D eigenvalue weighted by atomic mass is 15.4. The maximum Gasteiger partial charge on any atom is 0.134 e. The Hall–Kier alpha value is -7.60. The Balaban J connectivity index is 1.09. The van der Waals surface area contributed by atoms with Crippen molar-refractivity contribution in [1.29, 1.82) is 0 Å². The zero-order valence-corrected chi connectivity index (χ0v) is 50.8. The van der Waals surface area contributed by atoms with Crippen molar-refractivity contribution in [2.24, 2.45) is 20.0 Å². The molecule has 0 aliphatic carbocycles. The van der Waals surface area contributed by atoms with E-state index in [1.807, 2.05) is 24.8 Å². The maximum atomic E-state index is 5.25. The Bertz CT molecular complexity index is 3470. The Morgan fingerprint density at radius 3 is 0.625 bits per heavy atom. The fourth-order valence-corrected chi connectivity index (χ4v) is 13.5. The van der Waals surface area contributed by atoms with Gasteiger partial charge in [-0.1, -0.05) is 24.3 Å². The van der Waals surface area contributed by atoms with Gasteiger partial charge in [0.25, 0.3) is 0 Å². The third kappa shape index (κ3) is 7.38. The standard InChI is InChI=1S/C68H78N12/c1-39-73-61(5,6)65(13,14)77(39)55-29-21-43(35-69-55)51-33-52(44-22-30-56(70-36-44)78-40(2)74-62(7,8)66(78,15)16)48-27-28-50-54(46-24-32-58(72-38-46)80-42(4)76-64(11,12)68(80,19)20)34-53(49-26-25-47(51)59(48)60(49)50)45-23-31-57(71-37-45)79-41(3)75-63(9,10)67(79,17)18/h21-38H,1-20H3. The molecule has 8 aromatic rings. The second-order valence-corrected chi connectivity index (χ2v) is 27.1. The molecule has 0 unspecified atom stereocenters. The molecule has 4 aliphatic heterocycles. The minimum absolute atomic E-state index is 0.278. The zero-order valence-electron chi connectivity index (χ0n) is 50.8. The molecular weight excluding hydrogens is 985 g/mol. The van der Waals surface area contributed by atoms with Crippen LogP contribution in [0.25, 0.3) is 76.8 Å². The van der Waals surface area contributed by atoms with E-state index in [1.54, 1.807) is 0 Å². The van der Waals surface area contributed by atoms with Crippen LogP contribution in [0.3, 0.4) is 0 Å². The first-order valence-corrected chi connectivity index (χ1v) is 28.4. The largest absolute Gasteiger partial charge is 0.307 e. The molecule has 4 aromatic heterocycles. The molecule has 0 N–H and O–H groups in total. The van der Waals surface area contributed by atoms with E-state index in [0.29, 0.717) is 0 Å². The van der Waals surface area contributed by atoms with Gasteiger partial charge in [0.05, 0.1) is 44.3 Å². The van der Waals surface area contributed by atoms with E-state index < -0.39 is 0 Å². The third-order valence-electron chi connectivity index (χ3n) is 20.3. The van der Waals surface area contributed by atoms with Gasteiger partial charge in [-0.25, -0.2) is 19.9 Å². The zero-order chi connectivity index (χ0) is 57.4. The van der Waals surface area contributed by atoms with Gasteiger partial charge >= 0.3 is 0 Å². The lowest BCUT2D eigenvalue weighted by molar-refractivity contribution is 0.337. The first-order valence-electron chi connectivity index (χ1n) is 28.4. The molecule has 410 valence electrons. The van der Waals surface area contributed by atoms with Crippen molar-refractivity contribution in [2.45, 2.75) is 183 Å². The van der Waals surface area contributed by atoms with Crippen LogP contribution >= 0.6 is 0 Å². The third-order valence-corrected chi connectivity index (χ3v) is 20.3. The summed E-state index contributed by atoms with van der Waals surface area (Å²) in [5, 5.41) is 6.91.